The Balaban J connectivity index is 2.42. The van der Waals surface area contributed by atoms with Crippen LogP contribution in [0.25, 0.3) is 0 Å². The highest BCUT2D eigenvalue weighted by molar-refractivity contribution is 5.52. The average Bonchev–Trinajstić information content (AvgIpc) is 2.15. The van der Waals surface area contributed by atoms with E-state index in [1.807, 2.05) is 6.92 Å². The number of rotatable bonds is 5. The quantitative estimate of drug-likeness (QED) is 0.560. The van der Waals surface area contributed by atoms with Crippen molar-refractivity contribution in [3.05, 3.63) is 24.0 Å². The van der Waals surface area contributed by atoms with Crippen molar-refractivity contribution in [3.63, 3.8) is 0 Å². The Kier molecular flexibility index (Phi) is 4.19. The molecule has 4 heteroatoms. The normalized spacial score (nSPS) is 10.1. The number of nitrogen functional groups attached to an aromatic ring is 1. The van der Waals surface area contributed by atoms with E-state index in [4.69, 9.17) is 10.5 Å². The van der Waals surface area contributed by atoms with E-state index in [0.717, 1.165) is 0 Å². The van der Waals surface area contributed by atoms with Gasteiger partial charge >= 0.3 is 0 Å². The van der Waals surface area contributed by atoms with Gasteiger partial charge in [0.15, 0.2) is 0 Å². The zero-order valence-electron chi connectivity index (χ0n) is 8.22. The molecule has 0 bridgehead atoms. The Hall–Kier alpha value is -1.29. The highest BCUT2D eigenvalue weighted by Gasteiger charge is 2.00. The highest BCUT2D eigenvalue weighted by atomic mass is 19.1. The second-order valence-electron chi connectivity index (χ2n) is 2.86. The van der Waals surface area contributed by atoms with Crippen LogP contribution in [-0.2, 0) is 4.74 Å². The van der Waals surface area contributed by atoms with Crippen molar-refractivity contribution in [2.45, 2.75) is 6.92 Å². The van der Waals surface area contributed by atoms with Gasteiger partial charge in [-0.15, -0.1) is 0 Å². The monoisotopic (exact) mass is 198 g/mol. The molecule has 0 fully saturated rings. The predicted octanol–water partition coefficient (Wildman–Crippen LogP) is 1.86. The molecule has 0 saturated heterocycles. The third kappa shape index (κ3) is 3.22. The lowest BCUT2D eigenvalue weighted by Gasteiger charge is -2.07. The molecule has 3 N–H and O–H groups in total. The molecule has 78 valence electrons. The molecule has 1 aromatic carbocycles. The van der Waals surface area contributed by atoms with Gasteiger partial charge in [-0.05, 0) is 25.1 Å². The maximum Gasteiger partial charge on any atom is 0.148 e. The molecule has 0 saturated carbocycles. The van der Waals surface area contributed by atoms with Crippen LogP contribution >= 0.6 is 0 Å². The fraction of sp³-hybridized carbons (Fsp3) is 0.400. The minimum Gasteiger partial charge on any atom is -0.399 e. The summed E-state index contributed by atoms with van der Waals surface area (Å²) in [5, 5.41) is 2.92. The summed E-state index contributed by atoms with van der Waals surface area (Å²) in [6.45, 7) is 3.75. The molecule has 0 unspecified atom stereocenters. The lowest BCUT2D eigenvalue weighted by atomic mass is 10.2. The zero-order chi connectivity index (χ0) is 10.4. The van der Waals surface area contributed by atoms with E-state index < -0.39 is 0 Å². The number of hydrogen-bond acceptors (Lipinski definition) is 3. The van der Waals surface area contributed by atoms with Crippen molar-refractivity contribution < 1.29 is 9.13 Å². The molecular weight excluding hydrogens is 183 g/mol. The molecule has 0 spiro atoms. The first kappa shape index (κ1) is 10.8. The first-order chi connectivity index (χ1) is 6.74. The Morgan fingerprint density at radius 1 is 1.50 bits per heavy atom. The van der Waals surface area contributed by atoms with Crippen LogP contribution in [0, 0.1) is 5.82 Å². The van der Waals surface area contributed by atoms with Gasteiger partial charge in [0, 0.05) is 18.8 Å². The average molecular weight is 198 g/mol. The summed E-state index contributed by atoms with van der Waals surface area (Å²) >= 11 is 0. The van der Waals surface area contributed by atoms with E-state index in [9.17, 15) is 4.39 Å². The third-order valence-corrected chi connectivity index (χ3v) is 1.76. The summed E-state index contributed by atoms with van der Waals surface area (Å²) in [6.07, 6.45) is 0. The van der Waals surface area contributed by atoms with E-state index in [0.29, 0.717) is 31.1 Å². The standard InChI is InChI=1S/C10H15FN2O/c1-2-14-6-5-13-10-4-3-8(12)7-9(10)11/h3-4,7,13H,2,5-6,12H2,1H3. The van der Waals surface area contributed by atoms with Crippen LogP contribution in [-0.4, -0.2) is 19.8 Å². The van der Waals surface area contributed by atoms with Gasteiger partial charge in [0.05, 0.1) is 12.3 Å². The Morgan fingerprint density at radius 2 is 2.29 bits per heavy atom. The molecule has 14 heavy (non-hydrogen) atoms. The summed E-state index contributed by atoms with van der Waals surface area (Å²) in [4.78, 5) is 0. The number of benzene rings is 1. The summed E-state index contributed by atoms with van der Waals surface area (Å²) in [5.41, 5.74) is 6.30. The lowest BCUT2D eigenvalue weighted by molar-refractivity contribution is 0.158. The molecule has 1 rings (SSSR count). The minimum atomic E-state index is -0.332. The van der Waals surface area contributed by atoms with Gasteiger partial charge in [-0.25, -0.2) is 4.39 Å². The SMILES string of the molecule is CCOCCNc1ccc(N)cc1F. The van der Waals surface area contributed by atoms with Gasteiger partial charge in [0.1, 0.15) is 5.82 Å². The third-order valence-electron chi connectivity index (χ3n) is 1.76. The first-order valence-corrected chi connectivity index (χ1v) is 4.60. The maximum absolute atomic E-state index is 13.2. The first-order valence-electron chi connectivity index (χ1n) is 4.60. The van der Waals surface area contributed by atoms with Crippen LogP contribution in [0.5, 0.6) is 0 Å². The number of anilines is 2. The van der Waals surface area contributed by atoms with Crippen LogP contribution in [0.2, 0.25) is 0 Å². The van der Waals surface area contributed by atoms with Gasteiger partial charge in [0.2, 0.25) is 0 Å². The number of hydrogen-bond donors (Lipinski definition) is 2. The number of halogens is 1. The maximum atomic E-state index is 13.2. The van der Waals surface area contributed by atoms with Crippen molar-refractivity contribution in [3.8, 4) is 0 Å². The molecule has 0 radical (unpaired) electrons. The Labute approximate surface area is 83.1 Å². The summed E-state index contributed by atoms with van der Waals surface area (Å²) < 4.78 is 18.3. The summed E-state index contributed by atoms with van der Waals surface area (Å²) in [5.74, 6) is -0.332. The minimum absolute atomic E-state index is 0.332. The topological polar surface area (TPSA) is 47.3 Å². The van der Waals surface area contributed by atoms with Gasteiger partial charge in [-0.3, -0.25) is 0 Å². The fourth-order valence-corrected chi connectivity index (χ4v) is 1.08. The number of nitrogens with two attached hydrogens (primary N) is 1. The molecule has 0 aromatic heterocycles. The zero-order valence-corrected chi connectivity index (χ0v) is 8.22. The van der Waals surface area contributed by atoms with Crippen molar-refractivity contribution in [1.29, 1.82) is 0 Å². The summed E-state index contributed by atoms with van der Waals surface area (Å²) in [7, 11) is 0. The number of nitrogens with one attached hydrogen (secondary N) is 1. The fourth-order valence-electron chi connectivity index (χ4n) is 1.08. The van der Waals surface area contributed by atoms with Crippen LogP contribution < -0.4 is 11.1 Å². The Bertz CT molecular complexity index is 291. The van der Waals surface area contributed by atoms with Crippen LogP contribution in [0.3, 0.4) is 0 Å². The van der Waals surface area contributed by atoms with Gasteiger partial charge in [0.25, 0.3) is 0 Å². The lowest BCUT2D eigenvalue weighted by Crippen LogP contribution is -2.10. The molecule has 0 amide bonds. The molecule has 3 nitrogen and oxygen atoms in total. The van der Waals surface area contributed by atoms with E-state index in [1.54, 1.807) is 12.1 Å². The second-order valence-corrected chi connectivity index (χ2v) is 2.86. The number of ether oxygens (including phenoxy) is 1. The van der Waals surface area contributed by atoms with Crippen LogP contribution in [0.4, 0.5) is 15.8 Å². The van der Waals surface area contributed by atoms with Crippen molar-refractivity contribution in [2.24, 2.45) is 0 Å². The smallest absolute Gasteiger partial charge is 0.148 e. The van der Waals surface area contributed by atoms with E-state index in [1.165, 1.54) is 6.07 Å². The molecule has 0 aliphatic rings. The van der Waals surface area contributed by atoms with Crippen LogP contribution in [0.1, 0.15) is 6.92 Å². The van der Waals surface area contributed by atoms with Gasteiger partial charge in [-0.1, -0.05) is 0 Å². The molecule has 0 atom stereocenters. The van der Waals surface area contributed by atoms with Crippen molar-refractivity contribution >= 4 is 11.4 Å². The highest BCUT2D eigenvalue weighted by Crippen LogP contribution is 2.16. The van der Waals surface area contributed by atoms with Gasteiger partial charge < -0.3 is 15.8 Å². The van der Waals surface area contributed by atoms with E-state index in [2.05, 4.69) is 5.32 Å². The predicted molar refractivity (Wildman–Crippen MR) is 55.8 cm³/mol. The van der Waals surface area contributed by atoms with Crippen LogP contribution in [0.15, 0.2) is 18.2 Å². The van der Waals surface area contributed by atoms with Gasteiger partial charge in [-0.2, -0.15) is 0 Å². The Morgan fingerprint density at radius 3 is 2.93 bits per heavy atom. The molecule has 1 aromatic rings. The molecular formula is C10H15FN2O. The second kappa shape index (κ2) is 5.44. The van der Waals surface area contributed by atoms with Crippen molar-refractivity contribution in [2.75, 3.05) is 30.8 Å². The van der Waals surface area contributed by atoms with E-state index >= 15 is 0 Å². The van der Waals surface area contributed by atoms with E-state index in [-0.39, 0.29) is 5.82 Å². The largest absolute Gasteiger partial charge is 0.399 e. The summed E-state index contributed by atoms with van der Waals surface area (Å²) in [6, 6.07) is 4.58. The molecule has 0 aliphatic heterocycles. The molecule has 0 heterocycles. The molecule has 0 aliphatic carbocycles. The van der Waals surface area contributed by atoms with Crippen molar-refractivity contribution in [1.82, 2.24) is 0 Å².